The zero-order chi connectivity index (χ0) is 43.4. The Kier molecular flexibility index (Phi) is 9.16. The smallest absolute Gasteiger partial charge is 0.137 e. The Morgan fingerprint density at radius 3 is 1.17 bits per heavy atom. The lowest BCUT2D eigenvalue weighted by molar-refractivity contribution is 0.628. The van der Waals surface area contributed by atoms with Crippen LogP contribution in [0.3, 0.4) is 0 Å². The number of rotatable bonds is 8. The molecular weight excluding hydrogens is 803 g/mol. The zero-order valence-corrected chi connectivity index (χ0v) is 35.0. The number of halogens is 2. The Hall–Kier alpha value is -8.61. The summed E-state index contributed by atoms with van der Waals surface area (Å²) in [5.74, 6) is -0.0631. The van der Waals surface area contributed by atoms with Crippen molar-refractivity contribution in [1.29, 1.82) is 0 Å². The van der Waals surface area contributed by atoms with Crippen LogP contribution in [0.5, 0.6) is 0 Å². The molecule has 0 bridgehead atoms. The van der Waals surface area contributed by atoms with Gasteiger partial charge in [0.2, 0.25) is 0 Å². The van der Waals surface area contributed by atoms with E-state index in [1.807, 2.05) is 17.2 Å². The van der Waals surface area contributed by atoms with Crippen molar-refractivity contribution in [3.63, 3.8) is 0 Å². The minimum atomic E-state index is -0.339. The first-order chi connectivity index (χ1) is 32.0. The van der Waals surface area contributed by atoms with E-state index in [2.05, 4.69) is 179 Å². The molecule has 0 aliphatic heterocycles. The van der Waals surface area contributed by atoms with Gasteiger partial charge in [0.05, 0.1) is 22.1 Å². The van der Waals surface area contributed by atoms with Crippen LogP contribution >= 0.6 is 0 Å². The van der Waals surface area contributed by atoms with E-state index < -0.39 is 0 Å². The third-order valence-corrected chi connectivity index (χ3v) is 12.5. The highest BCUT2D eigenvalue weighted by molar-refractivity contribution is 6.12. The molecule has 4 nitrogen and oxygen atoms in total. The van der Waals surface area contributed by atoms with Gasteiger partial charge >= 0.3 is 0 Å². The SMILES string of the molecule is Fc1ccc(N(c2ccc(F)cc2)c2ccc(-c3cc(-c4ccc5c(c4)c4ccccc4n5-c4ccccc4)cc(-c4ccc5c(c4)c4ccccc4n5-c4ccccc4)c3)cn2)cc1. The molecule has 3 aromatic heterocycles. The molecule has 0 fully saturated rings. The second-order valence-corrected chi connectivity index (χ2v) is 16.3. The summed E-state index contributed by atoms with van der Waals surface area (Å²) < 4.78 is 32.9. The Balaban J connectivity index is 1.03. The highest BCUT2D eigenvalue weighted by atomic mass is 19.1. The number of hydrogen-bond acceptors (Lipinski definition) is 2. The summed E-state index contributed by atoms with van der Waals surface area (Å²) >= 11 is 0. The molecule has 9 aromatic carbocycles. The minimum absolute atomic E-state index is 0.339. The molecule has 3 heterocycles. The summed E-state index contributed by atoms with van der Waals surface area (Å²) in [5.41, 5.74) is 14.5. The quantitative estimate of drug-likeness (QED) is 0.152. The van der Waals surface area contributed by atoms with Gasteiger partial charge in [0.25, 0.3) is 0 Å². The summed E-state index contributed by atoms with van der Waals surface area (Å²) in [4.78, 5) is 6.90. The standard InChI is InChI=1S/C59H38F2N4/c60-45-22-26-49(27-23-45)63(50-28-24-46(61)25-29-50)59-32-21-41(38-62-59)44-34-42(39-19-30-57-53(36-39)51-15-7-9-17-55(51)64(57)47-11-3-1-4-12-47)33-43(35-44)40-20-31-58-54(37-40)52-16-8-10-18-56(52)65(58)48-13-5-2-6-14-48/h1-38H. The molecule has 308 valence electrons. The van der Waals surface area contributed by atoms with Gasteiger partial charge in [-0.3, -0.25) is 4.90 Å². The molecule has 0 atom stereocenters. The number of hydrogen-bond donors (Lipinski definition) is 0. The molecule has 0 saturated heterocycles. The van der Waals surface area contributed by atoms with Gasteiger partial charge in [0.15, 0.2) is 0 Å². The topological polar surface area (TPSA) is 26.0 Å². The lowest BCUT2D eigenvalue weighted by Gasteiger charge is -2.24. The first kappa shape index (κ1) is 38.1. The monoisotopic (exact) mass is 840 g/mol. The predicted octanol–water partition coefficient (Wildman–Crippen LogP) is 16.0. The van der Waals surface area contributed by atoms with Crippen LogP contribution in [0.2, 0.25) is 0 Å². The van der Waals surface area contributed by atoms with E-state index in [1.54, 1.807) is 24.3 Å². The third-order valence-electron chi connectivity index (χ3n) is 12.5. The van der Waals surface area contributed by atoms with E-state index in [9.17, 15) is 8.78 Å². The molecular formula is C59H38F2N4. The molecule has 0 unspecified atom stereocenters. The Labute approximate surface area is 374 Å². The molecule has 12 rings (SSSR count). The summed E-state index contributed by atoms with van der Waals surface area (Å²) in [6.45, 7) is 0. The van der Waals surface area contributed by atoms with Crippen LogP contribution in [0.15, 0.2) is 231 Å². The minimum Gasteiger partial charge on any atom is -0.309 e. The molecule has 0 aliphatic carbocycles. The van der Waals surface area contributed by atoms with Gasteiger partial charge in [0.1, 0.15) is 17.5 Å². The first-order valence-electron chi connectivity index (χ1n) is 21.6. The van der Waals surface area contributed by atoms with Gasteiger partial charge in [-0.15, -0.1) is 0 Å². The molecule has 0 N–H and O–H groups in total. The van der Waals surface area contributed by atoms with Crippen molar-refractivity contribution < 1.29 is 8.78 Å². The first-order valence-corrected chi connectivity index (χ1v) is 21.6. The molecule has 0 saturated carbocycles. The number of nitrogens with zero attached hydrogens (tertiary/aromatic N) is 4. The fourth-order valence-corrected chi connectivity index (χ4v) is 9.43. The van der Waals surface area contributed by atoms with Crippen molar-refractivity contribution in [2.75, 3.05) is 4.90 Å². The van der Waals surface area contributed by atoms with Crippen LogP contribution in [0.4, 0.5) is 26.0 Å². The zero-order valence-electron chi connectivity index (χ0n) is 35.0. The van der Waals surface area contributed by atoms with E-state index in [1.165, 1.54) is 45.8 Å². The molecule has 0 amide bonds. The van der Waals surface area contributed by atoms with E-state index in [0.29, 0.717) is 17.2 Å². The molecule has 65 heavy (non-hydrogen) atoms. The number of fused-ring (bicyclic) bond motifs is 6. The highest BCUT2D eigenvalue weighted by Crippen LogP contribution is 2.41. The van der Waals surface area contributed by atoms with Gasteiger partial charge in [-0.25, -0.2) is 13.8 Å². The van der Waals surface area contributed by atoms with Crippen LogP contribution < -0.4 is 4.90 Å². The molecule has 0 radical (unpaired) electrons. The fourth-order valence-electron chi connectivity index (χ4n) is 9.43. The van der Waals surface area contributed by atoms with E-state index >= 15 is 0 Å². The van der Waals surface area contributed by atoms with Crippen LogP contribution in [-0.2, 0) is 0 Å². The van der Waals surface area contributed by atoms with Gasteiger partial charge in [0, 0.05) is 56.1 Å². The normalized spacial score (nSPS) is 11.5. The third kappa shape index (κ3) is 6.71. The van der Waals surface area contributed by atoms with Gasteiger partial charge in [-0.2, -0.15) is 0 Å². The van der Waals surface area contributed by atoms with Crippen LogP contribution in [-0.4, -0.2) is 14.1 Å². The number of pyridine rings is 1. The van der Waals surface area contributed by atoms with E-state index in [4.69, 9.17) is 4.98 Å². The van der Waals surface area contributed by atoms with Crippen LogP contribution in [0.25, 0.3) is 88.4 Å². The van der Waals surface area contributed by atoms with E-state index in [0.717, 1.165) is 66.8 Å². The maximum absolute atomic E-state index is 14.1. The predicted molar refractivity (Wildman–Crippen MR) is 264 cm³/mol. The van der Waals surface area contributed by atoms with Crippen LogP contribution in [0.1, 0.15) is 0 Å². The van der Waals surface area contributed by atoms with Crippen molar-refractivity contribution in [1.82, 2.24) is 14.1 Å². The summed E-state index contributed by atoms with van der Waals surface area (Å²) in [6.07, 6.45) is 1.88. The van der Waals surface area contributed by atoms with Crippen molar-refractivity contribution in [2.45, 2.75) is 0 Å². The fraction of sp³-hybridized carbons (Fsp3) is 0. The van der Waals surface area contributed by atoms with E-state index in [-0.39, 0.29) is 11.6 Å². The maximum Gasteiger partial charge on any atom is 0.137 e. The number of anilines is 3. The lowest BCUT2D eigenvalue weighted by atomic mass is 9.92. The summed E-state index contributed by atoms with van der Waals surface area (Å²) in [6, 6.07) is 75.1. The number of benzene rings is 9. The molecule has 0 spiro atoms. The van der Waals surface area contributed by atoms with Gasteiger partial charge < -0.3 is 9.13 Å². The van der Waals surface area contributed by atoms with Crippen molar-refractivity contribution in [2.24, 2.45) is 0 Å². The average Bonchev–Trinajstić information content (AvgIpc) is 3.88. The van der Waals surface area contributed by atoms with Gasteiger partial charge in [-0.1, -0.05) is 84.9 Å². The second kappa shape index (κ2) is 15.6. The van der Waals surface area contributed by atoms with Crippen molar-refractivity contribution in [3.8, 4) is 44.8 Å². The molecule has 12 aromatic rings. The van der Waals surface area contributed by atoms with Gasteiger partial charge in [-0.05, 0) is 167 Å². The number of aromatic nitrogens is 3. The van der Waals surface area contributed by atoms with Crippen molar-refractivity contribution >= 4 is 60.8 Å². The lowest BCUT2D eigenvalue weighted by Crippen LogP contribution is -2.11. The molecule has 6 heteroatoms. The Morgan fingerprint density at radius 1 is 0.323 bits per heavy atom. The molecule has 0 aliphatic rings. The largest absolute Gasteiger partial charge is 0.309 e. The summed E-state index contributed by atoms with van der Waals surface area (Å²) in [5, 5.41) is 4.74. The van der Waals surface area contributed by atoms with Crippen molar-refractivity contribution in [3.05, 3.63) is 242 Å². The average molecular weight is 841 g/mol. The Bertz CT molecular complexity index is 3490. The summed E-state index contributed by atoms with van der Waals surface area (Å²) in [7, 11) is 0. The second-order valence-electron chi connectivity index (χ2n) is 16.3. The van der Waals surface area contributed by atoms with Crippen LogP contribution in [0, 0.1) is 11.6 Å². The maximum atomic E-state index is 14.1. The highest BCUT2D eigenvalue weighted by Gasteiger charge is 2.18. The Morgan fingerprint density at radius 2 is 0.723 bits per heavy atom. The number of para-hydroxylation sites is 4.